The molecule has 2 aromatic carbocycles. The molecule has 0 saturated heterocycles. The predicted molar refractivity (Wildman–Crippen MR) is 92.4 cm³/mol. The van der Waals surface area contributed by atoms with Crippen LogP contribution in [0.5, 0.6) is 0 Å². The van der Waals surface area contributed by atoms with E-state index in [0.717, 1.165) is 0 Å². The minimum absolute atomic E-state index is 0.125. The lowest BCUT2D eigenvalue weighted by Crippen LogP contribution is -2.33. The van der Waals surface area contributed by atoms with Crippen molar-refractivity contribution in [3.05, 3.63) is 63.6 Å². The molecule has 0 aliphatic carbocycles. The first-order valence-electron chi connectivity index (χ1n) is 6.80. The summed E-state index contributed by atoms with van der Waals surface area (Å²) in [5.41, 5.74) is 5.96. The van der Waals surface area contributed by atoms with Crippen LogP contribution in [0.2, 0.25) is 10.0 Å². The zero-order valence-corrected chi connectivity index (χ0v) is 13.8. The number of hydrogen-bond acceptors (Lipinski definition) is 3. The van der Waals surface area contributed by atoms with Crippen LogP contribution in [0.3, 0.4) is 0 Å². The molecule has 0 unspecified atom stereocenters. The number of carbonyl (C=O) groups is 3. The third kappa shape index (κ3) is 4.47. The van der Waals surface area contributed by atoms with E-state index in [-0.39, 0.29) is 22.7 Å². The van der Waals surface area contributed by atoms with E-state index >= 15 is 0 Å². The fourth-order valence-corrected chi connectivity index (χ4v) is 2.39. The average molecular weight is 366 g/mol. The number of hydrogen-bond donors (Lipinski definition) is 3. The monoisotopic (exact) mass is 365 g/mol. The molecule has 0 radical (unpaired) electrons. The molecule has 0 bridgehead atoms. The van der Waals surface area contributed by atoms with Crippen LogP contribution in [0.25, 0.3) is 0 Å². The molecule has 2 aromatic rings. The Balaban J connectivity index is 1.94. The molecule has 0 aliphatic rings. The Morgan fingerprint density at radius 1 is 0.958 bits per heavy atom. The predicted octanol–water partition coefficient (Wildman–Crippen LogP) is 2.46. The highest BCUT2D eigenvalue weighted by Gasteiger charge is 2.12. The largest absolute Gasteiger partial charge is 0.366 e. The lowest BCUT2D eigenvalue weighted by molar-refractivity contribution is -0.115. The van der Waals surface area contributed by atoms with Crippen molar-refractivity contribution in [1.82, 2.24) is 5.32 Å². The van der Waals surface area contributed by atoms with Crippen LogP contribution in [-0.2, 0) is 4.79 Å². The van der Waals surface area contributed by atoms with Crippen molar-refractivity contribution in [2.75, 3.05) is 11.9 Å². The normalized spacial score (nSPS) is 10.1. The number of amides is 3. The van der Waals surface area contributed by atoms with Gasteiger partial charge in [-0.25, -0.2) is 0 Å². The molecule has 0 saturated carbocycles. The van der Waals surface area contributed by atoms with Crippen LogP contribution >= 0.6 is 23.2 Å². The van der Waals surface area contributed by atoms with Gasteiger partial charge in [-0.1, -0.05) is 35.3 Å². The summed E-state index contributed by atoms with van der Waals surface area (Å²) < 4.78 is 0. The molecule has 0 fully saturated rings. The molecule has 2 rings (SSSR count). The first-order chi connectivity index (χ1) is 11.4. The summed E-state index contributed by atoms with van der Waals surface area (Å²) in [6, 6.07) is 10.8. The Kier molecular flexibility index (Phi) is 5.78. The number of halogens is 2. The van der Waals surface area contributed by atoms with E-state index in [9.17, 15) is 14.4 Å². The number of primary amides is 1. The van der Waals surface area contributed by atoms with E-state index in [4.69, 9.17) is 28.9 Å². The number of nitrogens with one attached hydrogen (secondary N) is 2. The second kappa shape index (κ2) is 7.81. The summed E-state index contributed by atoms with van der Waals surface area (Å²) in [5.74, 6) is -1.58. The zero-order chi connectivity index (χ0) is 17.7. The quantitative estimate of drug-likeness (QED) is 0.758. The number of anilines is 1. The highest BCUT2D eigenvalue weighted by atomic mass is 35.5. The van der Waals surface area contributed by atoms with Gasteiger partial charge in [-0.15, -0.1) is 0 Å². The Morgan fingerprint density at radius 2 is 1.67 bits per heavy atom. The molecule has 0 spiro atoms. The van der Waals surface area contributed by atoms with E-state index in [1.807, 2.05) is 0 Å². The summed E-state index contributed by atoms with van der Waals surface area (Å²) in [4.78, 5) is 34.9. The van der Waals surface area contributed by atoms with Crippen molar-refractivity contribution in [3.8, 4) is 0 Å². The van der Waals surface area contributed by atoms with Crippen LogP contribution in [0.15, 0.2) is 42.5 Å². The van der Waals surface area contributed by atoms with Gasteiger partial charge >= 0.3 is 0 Å². The van der Waals surface area contributed by atoms with Crippen molar-refractivity contribution in [1.29, 1.82) is 0 Å². The highest BCUT2D eigenvalue weighted by molar-refractivity contribution is 6.34. The maximum absolute atomic E-state index is 11.9. The summed E-state index contributed by atoms with van der Waals surface area (Å²) in [6.07, 6.45) is 0. The lowest BCUT2D eigenvalue weighted by Gasteiger charge is -2.09. The first-order valence-corrected chi connectivity index (χ1v) is 7.56. The second-order valence-corrected chi connectivity index (χ2v) is 5.58. The van der Waals surface area contributed by atoms with Gasteiger partial charge in [0.25, 0.3) is 5.91 Å². The number of rotatable bonds is 5. The summed E-state index contributed by atoms with van der Waals surface area (Å²) in [6.45, 7) is -0.251. The van der Waals surface area contributed by atoms with E-state index in [2.05, 4.69) is 10.6 Å². The fourth-order valence-electron chi connectivity index (χ4n) is 1.90. The van der Waals surface area contributed by atoms with Crippen molar-refractivity contribution >= 4 is 46.6 Å². The van der Waals surface area contributed by atoms with Gasteiger partial charge in [0.05, 0.1) is 27.7 Å². The molecule has 24 heavy (non-hydrogen) atoms. The minimum atomic E-state index is -0.662. The van der Waals surface area contributed by atoms with Gasteiger partial charge in [-0.3, -0.25) is 14.4 Å². The van der Waals surface area contributed by atoms with E-state index < -0.39 is 17.7 Å². The molecule has 0 aliphatic heterocycles. The van der Waals surface area contributed by atoms with E-state index in [1.54, 1.807) is 24.3 Å². The molecule has 124 valence electrons. The molecule has 3 amide bonds. The van der Waals surface area contributed by atoms with Crippen LogP contribution < -0.4 is 16.4 Å². The van der Waals surface area contributed by atoms with Crippen molar-refractivity contribution in [2.24, 2.45) is 5.73 Å². The Labute approximate surface area is 147 Å². The van der Waals surface area contributed by atoms with Gasteiger partial charge in [0.1, 0.15) is 0 Å². The highest BCUT2D eigenvalue weighted by Crippen LogP contribution is 2.20. The van der Waals surface area contributed by atoms with Gasteiger partial charge in [0.2, 0.25) is 11.8 Å². The van der Waals surface area contributed by atoms with Gasteiger partial charge < -0.3 is 16.4 Å². The SMILES string of the molecule is NC(=O)c1ccc(NC(=O)CNC(=O)c2ccccc2Cl)cc1Cl. The van der Waals surface area contributed by atoms with Gasteiger partial charge in [0, 0.05) is 5.69 Å². The van der Waals surface area contributed by atoms with Gasteiger partial charge in [0.15, 0.2) is 0 Å². The number of benzene rings is 2. The minimum Gasteiger partial charge on any atom is -0.366 e. The van der Waals surface area contributed by atoms with E-state index in [0.29, 0.717) is 10.7 Å². The maximum Gasteiger partial charge on any atom is 0.253 e. The van der Waals surface area contributed by atoms with E-state index in [1.165, 1.54) is 18.2 Å². The van der Waals surface area contributed by atoms with Crippen LogP contribution in [0.4, 0.5) is 5.69 Å². The molecular formula is C16H13Cl2N3O3. The average Bonchev–Trinajstić information content (AvgIpc) is 2.52. The fraction of sp³-hybridized carbons (Fsp3) is 0.0625. The van der Waals surface area contributed by atoms with Crippen LogP contribution in [-0.4, -0.2) is 24.3 Å². The molecule has 6 nitrogen and oxygen atoms in total. The molecule has 0 aromatic heterocycles. The van der Waals surface area contributed by atoms with Gasteiger partial charge in [-0.2, -0.15) is 0 Å². The topological polar surface area (TPSA) is 101 Å². The first kappa shape index (κ1) is 17.8. The van der Waals surface area contributed by atoms with Crippen molar-refractivity contribution in [3.63, 3.8) is 0 Å². The lowest BCUT2D eigenvalue weighted by atomic mass is 10.2. The molecule has 0 heterocycles. The smallest absolute Gasteiger partial charge is 0.253 e. The number of carbonyl (C=O) groups excluding carboxylic acids is 3. The Bertz CT molecular complexity index is 809. The van der Waals surface area contributed by atoms with Crippen LogP contribution in [0, 0.1) is 0 Å². The van der Waals surface area contributed by atoms with Gasteiger partial charge in [-0.05, 0) is 30.3 Å². The Hall–Kier alpha value is -2.57. The Morgan fingerprint density at radius 3 is 2.29 bits per heavy atom. The summed E-state index contributed by atoms with van der Waals surface area (Å²) in [5, 5.41) is 5.43. The summed E-state index contributed by atoms with van der Waals surface area (Å²) >= 11 is 11.8. The molecule has 4 N–H and O–H groups in total. The van der Waals surface area contributed by atoms with Crippen LogP contribution in [0.1, 0.15) is 20.7 Å². The maximum atomic E-state index is 11.9. The molecule has 8 heteroatoms. The van der Waals surface area contributed by atoms with Crippen molar-refractivity contribution < 1.29 is 14.4 Å². The summed E-state index contributed by atoms with van der Waals surface area (Å²) in [7, 11) is 0. The number of nitrogens with two attached hydrogens (primary N) is 1. The zero-order valence-electron chi connectivity index (χ0n) is 12.3. The molecular weight excluding hydrogens is 353 g/mol. The third-order valence-electron chi connectivity index (χ3n) is 3.05. The third-order valence-corrected chi connectivity index (χ3v) is 3.69. The van der Waals surface area contributed by atoms with Crippen molar-refractivity contribution in [2.45, 2.75) is 0 Å². The standard InChI is InChI=1S/C16H13Cl2N3O3/c17-12-4-2-1-3-11(12)16(24)20-8-14(22)21-9-5-6-10(15(19)23)13(18)7-9/h1-7H,8H2,(H2,19,23)(H,20,24)(H,21,22). The molecule has 0 atom stereocenters. The second-order valence-electron chi connectivity index (χ2n) is 4.77.